The number of nitrogens with two attached hydrogens (primary N) is 1. The smallest absolute Gasteiger partial charge is 0.270 e. The molecule has 123 heavy (non-hydrogen) atoms. The van der Waals surface area contributed by atoms with E-state index in [9.17, 15) is 65.1 Å². The van der Waals surface area contributed by atoms with Crippen LogP contribution in [0.2, 0.25) is 20.1 Å². The Bertz CT molecular complexity index is 5000. The minimum absolute atomic E-state index is 0.0666. The van der Waals surface area contributed by atoms with Gasteiger partial charge in [-0.15, -0.1) is 0 Å². The van der Waals surface area contributed by atoms with Gasteiger partial charge in [0, 0.05) is 68.4 Å². The number of fused-ring (bicyclic) bond motifs is 15. The van der Waals surface area contributed by atoms with E-state index in [1.165, 1.54) is 25.2 Å². The Morgan fingerprint density at radius 3 is 1.95 bits per heavy atom. The zero-order chi connectivity index (χ0) is 88.9. The number of carbonyl (C=O) groups is 9. The number of primary amides is 1. The number of nitrogens with zero attached hydrogens (tertiary/aromatic N) is 2. The van der Waals surface area contributed by atoms with E-state index >= 15 is 24.0 Å². The summed E-state index contributed by atoms with van der Waals surface area (Å²) in [4.78, 5) is 140. The van der Waals surface area contributed by atoms with Crippen LogP contribution in [0.25, 0.3) is 11.1 Å². The van der Waals surface area contributed by atoms with Gasteiger partial charge in [-0.05, 0) is 133 Å². The largest absolute Gasteiger partial charge is 0.508 e. The number of hydrazine groups is 1. The zero-order valence-electron chi connectivity index (χ0n) is 66.9. The number of benzene rings is 6. The lowest BCUT2D eigenvalue weighted by Crippen LogP contribution is -2.66. The van der Waals surface area contributed by atoms with Gasteiger partial charge < -0.3 is 123 Å². The van der Waals surface area contributed by atoms with Crippen molar-refractivity contribution in [2.45, 2.75) is 163 Å². The van der Waals surface area contributed by atoms with E-state index in [0.717, 1.165) is 67.8 Å². The first-order valence-electron chi connectivity index (χ1n) is 39.2. The number of phenolic OH excluding ortho intramolecular Hbond substituents is 3. The third-order valence-corrected chi connectivity index (χ3v) is 23.2. The summed E-state index contributed by atoms with van der Waals surface area (Å²) in [5.41, 5.74) is 7.70. The van der Waals surface area contributed by atoms with E-state index in [1.54, 1.807) is 32.0 Å². The van der Waals surface area contributed by atoms with Gasteiger partial charge in [-0.3, -0.25) is 58.3 Å². The second-order valence-electron chi connectivity index (χ2n) is 31.2. The van der Waals surface area contributed by atoms with E-state index in [-0.39, 0.29) is 58.6 Å². The van der Waals surface area contributed by atoms with Crippen molar-refractivity contribution in [3.8, 4) is 57.1 Å². The average Bonchev–Trinajstić information content (AvgIpc) is 0.765. The summed E-state index contributed by atoms with van der Waals surface area (Å²) in [7, 11) is 2.52. The highest BCUT2D eigenvalue weighted by atomic mass is 35.5. The number of aromatic hydroxyl groups is 3. The highest BCUT2D eigenvalue weighted by Crippen LogP contribution is 2.50. The van der Waals surface area contributed by atoms with Gasteiger partial charge >= 0.3 is 0 Å². The molecule has 0 aromatic heterocycles. The number of ether oxygens (including phenoxy) is 6. The Morgan fingerprint density at radius 1 is 0.683 bits per heavy atom. The molecule has 8 aliphatic rings. The summed E-state index contributed by atoms with van der Waals surface area (Å²) in [5.74, 6) is -15.4. The molecule has 8 heterocycles. The second kappa shape index (κ2) is 39.4. The summed E-state index contributed by atoms with van der Waals surface area (Å²) < 4.78 is 39.6. The summed E-state index contributed by atoms with van der Waals surface area (Å²) in [6, 6.07) is 4.87. The number of nitrogens with one attached hydrogen (secondary N) is 10. The second-order valence-corrected chi connectivity index (χ2v) is 32.8. The molecule has 11 bridgehead atoms. The maximum atomic E-state index is 16.3. The van der Waals surface area contributed by atoms with Crippen LogP contribution in [0.4, 0.5) is 0 Å². The van der Waals surface area contributed by atoms with Crippen LogP contribution in [-0.2, 0) is 68.6 Å². The topological polar surface area (TPSA) is 553 Å². The molecular weight excluding hydrogens is 1700 g/mol. The predicted octanol–water partition coefficient (Wildman–Crippen LogP) is 1.53. The van der Waals surface area contributed by atoms with Gasteiger partial charge in [0.05, 0.1) is 64.9 Å². The van der Waals surface area contributed by atoms with Crippen molar-refractivity contribution in [1.29, 1.82) is 0 Å². The molecule has 0 spiro atoms. The van der Waals surface area contributed by atoms with Gasteiger partial charge in [-0.2, -0.15) is 0 Å². The first-order chi connectivity index (χ1) is 58.4. The van der Waals surface area contributed by atoms with Crippen molar-refractivity contribution in [3.63, 3.8) is 0 Å². The molecule has 38 nitrogen and oxygen atoms in total. The van der Waals surface area contributed by atoms with Crippen LogP contribution in [0.15, 0.2) is 97.1 Å². The summed E-state index contributed by atoms with van der Waals surface area (Å²) >= 11 is 26.6. The minimum atomic E-state index is -2.37. The number of rotatable bonds is 21. The molecule has 0 saturated carbocycles. The quantitative estimate of drug-likeness (QED) is 0.0454. The molecule has 16 unspecified atom stereocenters. The third-order valence-electron chi connectivity index (χ3n) is 21.9. The maximum absolute atomic E-state index is 16.3. The molecule has 0 aliphatic carbocycles. The first-order valence-corrected chi connectivity index (χ1v) is 40.7. The Hall–Kier alpha value is -10.0. The fourth-order valence-electron chi connectivity index (χ4n) is 15.4. The number of hydrogen-bond acceptors (Lipinski definition) is 29. The first kappa shape index (κ1) is 92.1. The van der Waals surface area contributed by atoms with Gasteiger partial charge in [0.2, 0.25) is 59.3 Å². The van der Waals surface area contributed by atoms with Gasteiger partial charge in [-0.25, -0.2) is 10.5 Å². The molecule has 6 aromatic rings. The van der Waals surface area contributed by atoms with Crippen LogP contribution in [-0.4, -0.2) is 248 Å². The van der Waals surface area contributed by atoms with Crippen molar-refractivity contribution in [3.05, 3.63) is 151 Å². The summed E-state index contributed by atoms with van der Waals surface area (Å²) in [5, 5.41) is 129. The van der Waals surface area contributed by atoms with E-state index < -0.39 is 237 Å². The molecule has 18 atom stereocenters. The zero-order valence-corrected chi connectivity index (χ0v) is 70.0. The molecule has 9 amide bonds. The highest BCUT2D eigenvalue weighted by molar-refractivity contribution is 6.42. The number of aliphatic hydroxyl groups is 6. The van der Waals surface area contributed by atoms with E-state index in [4.69, 9.17) is 85.4 Å². The summed E-state index contributed by atoms with van der Waals surface area (Å²) in [6.45, 7) is 8.73. The molecule has 42 heteroatoms. The molecule has 3 fully saturated rings. The predicted molar refractivity (Wildman–Crippen MR) is 437 cm³/mol. The number of hydroxylamine groups is 1. The van der Waals surface area contributed by atoms with Crippen molar-refractivity contribution >= 4 is 99.6 Å². The van der Waals surface area contributed by atoms with Crippen molar-refractivity contribution in [2.75, 3.05) is 60.0 Å². The fourth-order valence-corrected chi connectivity index (χ4v) is 16.2. The Labute approximate surface area is 723 Å². The van der Waals surface area contributed by atoms with Gasteiger partial charge in [0.15, 0.2) is 23.9 Å². The number of carbonyl (C=O) groups excluding carboxylic acids is 9. The molecule has 8 aliphatic heterocycles. The number of piperazine rings is 1. The fraction of sp³-hybridized carbons (Fsp3) is 0.444. The number of aliphatic hydroxyl groups excluding tert-OH is 6. The van der Waals surface area contributed by atoms with E-state index in [0.29, 0.717) is 54.9 Å². The maximum Gasteiger partial charge on any atom is 0.270 e. The normalized spacial score (nSPS) is 27.3. The van der Waals surface area contributed by atoms with Crippen molar-refractivity contribution < 1.29 is 122 Å². The van der Waals surface area contributed by atoms with Gasteiger partial charge in [0.25, 0.3) is 5.91 Å². The standard InChI is InChI=1S/C81H95Cl4N13O25/c1-34(2)21-48(87-5)73(110)93-64-66(105)38-9-13-52(46(84)25-38)119-54-27-40-28-55(70(54)123-80-71(69(108)68(107)56(33-99)121-80)122-59-32-81(4,72(109)35(3)118-59)88-15-16-97-17-19-98(20-18-97)95-58(104)23-36-7-11-44(82)45(83)22-36)120-53-14-10-39(26-47(53)85)67(106)65-78(115)92-63(79(116)96-117-6)43-29-41(100)30-51(102)60(43)42-24-37(8-12-50(42)101)61(75(112)94-65)91-76(113)62(40)90-74(111)49(31-57(86)103)89-77(64)114/h7-14,22,24-30,34-35,48-49,56,59,61-69,71-72,80,87-88,99-102,105-109H,15-21,23,31-33H2,1-6H3,(H2,86,103)(H,89,114)(H,90,111)(H,91,113)(H,92,115)(H,93,110)(H,94,112)(H,95,104)(H,96,116)/t35?,48?,49?,56?,59?,61?,62?,63-,64?,65?,66?,67?,68?,69?,71?,72?,80?,81-/m1/s1. The minimum Gasteiger partial charge on any atom is -0.508 e. The summed E-state index contributed by atoms with van der Waals surface area (Å²) in [6.07, 6.45) is -18.7. The van der Waals surface area contributed by atoms with E-state index in [2.05, 4.69) is 58.3 Å². The van der Waals surface area contributed by atoms with E-state index in [1.807, 2.05) is 18.9 Å². The van der Waals surface area contributed by atoms with Gasteiger partial charge in [-0.1, -0.05) is 84.5 Å². The molecule has 6 aromatic carbocycles. The van der Waals surface area contributed by atoms with Crippen LogP contribution in [0, 0.1) is 5.92 Å². The van der Waals surface area contributed by atoms with Crippen LogP contribution < -0.4 is 73.4 Å². The van der Waals surface area contributed by atoms with Gasteiger partial charge in [0.1, 0.15) is 95.5 Å². The molecule has 14 rings (SSSR count). The molecule has 0 radical (unpaired) electrons. The molecular formula is C81H95Cl4N13O25. The number of hydrogen-bond donors (Lipinski definition) is 20. The van der Waals surface area contributed by atoms with Crippen LogP contribution in [0.5, 0.6) is 46.0 Å². The lowest BCUT2D eigenvalue weighted by Gasteiger charge is -2.48. The van der Waals surface area contributed by atoms with Crippen LogP contribution >= 0.6 is 46.4 Å². The van der Waals surface area contributed by atoms with Crippen LogP contribution in [0.3, 0.4) is 0 Å². The number of amides is 9. The Morgan fingerprint density at radius 2 is 1.33 bits per heavy atom. The van der Waals surface area contributed by atoms with Crippen LogP contribution in [0.1, 0.15) is 111 Å². The highest BCUT2D eigenvalue weighted by Gasteiger charge is 2.52. The third kappa shape index (κ3) is 21.2. The Balaban J connectivity index is 0.981. The molecule has 662 valence electrons. The number of halogens is 4. The number of likely N-dealkylation sites (N-methyl/N-ethyl adjacent to an activating group) is 1. The number of phenols is 3. The monoisotopic (exact) mass is 1790 g/mol. The SMILES string of the molecule is CNC(CC(C)C)C(=O)NC1C(=O)NC(CC(N)=O)C(=O)NC2C(=O)NC3C(=O)NC(C(=O)N[C@@H](C(=O)NOC)c4cc(O)cc(O)c4-c4cc3ccc4O)C(O)c3ccc(c(Cl)c3)Oc3cc2cc(c3OC2OC(CO)C(O)C(O)C2OC2C[C@@](C)(NCCN3CCN(NC(=O)Cc4ccc(Cl)c(Cl)c4)CC3)C(O)C(C)O2)Oc2ccc(cc2Cl)C1O. The lowest BCUT2D eigenvalue weighted by atomic mass is 9.85. The lowest BCUT2D eigenvalue weighted by molar-refractivity contribution is -0.334. The van der Waals surface area contributed by atoms with Crippen molar-refractivity contribution in [2.24, 2.45) is 11.7 Å². The Kier molecular flexibility index (Phi) is 29.5. The average molecular weight is 1790 g/mol. The molecule has 21 N–H and O–H groups in total. The van der Waals surface area contributed by atoms with Crippen molar-refractivity contribution in [1.82, 2.24) is 63.3 Å². The molecule has 3 saturated heterocycles.